The first-order valence-corrected chi connectivity index (χ1v) is 4.86. The second-order valence-electron chi connectivity index (χ2n) is 2.42. The zero-order chi connectivity index (χ0) is 9.40. The number of hydrogen-bond acceptors (Lipinski definition) is 0. The van der Waals surface area contributed by atoms with Gasteiger partial charge in [-0.1, -0.05) is 46.1 Å². The molecule has 64 valence electrons. The molecule has 1 aromatic carbocycles. The summed E-state index contributed by atoms with van der Waals surface area (Å²) in [7, 11) is 0. The van der Waals surface area contributed by atoms with Crippen LogP contribution in [0.1, 0.15) is 11.1 Å². The van der Waals surface area contributed by atoms with Crippen molar-refractivity contribution < 1.29 is 0 Å². The molecule has 0 nitrogen and oxygen atoms in total. The van der Waals surface area contributed by atoms with Gasteiger partial charge in [-0.15, -0.1) is 6.42 Å². The lowest BCUT2D eigenvalue weighted by Gasteiger charge is -1.93. The van der Waals surface area contributed by atoms with Crippen LogP contribution in [-0.4, -0.2) is 5.33 Å². The molecule has 0 radical (unpaired) electrons. The number of halogens is 1. The van der Waals surface area contributed by atoms with Crippen molar-refractivity contribution in [2.45, 2.75) is 13.8 Å². The molecule has 0 atom stereocenters. The molecule has 0 spiro atoms. The summed E-state index contributed by atoms with van der Waals surface area (Å²) < 4.78 is 0. The lowest BCUT2D eigenvalue weighted by molar-refractivity contribution is 1.34. The number of benzene rings is 1. The molecule has 0 bridgehead atoms. The van der Waals surface area contributed by atoms with E-state index in [1.807, 2.05) is 0 Å². The van der Waals surface area contributed by atoms with Crippen molar-refractivity contribution in [1.82, 2.24) is 0 Å². The maximum Gasteiger partial charge on any atom is 0.0642 e. The summed E-state index contributed by atoms with van der Waals surface area (Å²) in [5, 5.41) is 0.660. The monoisotopic (exact) mass is 224 g/mol. The van der Waals surface area contributed by atoms with Gasteiger partial charge in [-0.05, 0) is 25.0 Å². The second-order valence-corrected chi connectivity index (χ2v) is 2.98. The summed E-state index contributed by atoms with van der Waals surface area (Å²) in [6, 6.07) is 8.36. The van der Waals surface area contributed by atoms with E-state index in [1.54, 1.807) is 0 Å². The van der Waals surface area contributed by atoms with Crippen LogP contribution in [0.15, 0.2) is 24.3 Å². The van der Waals surface area contributed by atoms with Crippen LogP contribution < -0.4 is 0 Å². The van der Waals surface area contributed by atoms with E-state index < -0.39 is 0 Å². The van der Waals surface area contributed by atoms with Crippen LogP contribution in [0.3, 0.4) is 0 Å². The van der Waals surface area contributed by atoms with Gasteiger partial charge in [0.05, 0.1) is 5.33 Å². The Bertz CT molecular complexity index is 237. The fourth-order valence-corrected chi connectivity index (χ4v) is 0.663. The summed E-state index contributed by atoms with van der Waals surface area (Å²) in [4.78, 5) is 0. The fraction of sp³-hybridized carbons (Fsp3) is 0.273. The topological polar surface area (TPSA) is 0 Å². The third kappa shape index (κ3) is 4.98. The maximum atomic E-state index is 4.73. The highest BCUT2D eigenvalue weighted by Gasteiger charge is 1.83. The van der Waals surface area contributed by atoms with Crippen LogP contribution in [0.4, 0.5) is 0 Å². The average Bonchev–Trinajstić information content (AvgIpc) is 2.11. The molecule has 0 aliphatic heterocycles. The van der Waals surface area contributed by atoms with Crippen LogP contribution in [-0.2, 0) is 0 Å². The minimum Gasteiger partial charge on any atom is -0.119 e. The minimum absolute atomic E-state index is 0.660. The van der Waals surface area contributed by atoms with Crippen LogP contribution in [0, 0.1) is 26.2 Å². The Hall–Kier alpha value is -0.740. The molecule has 0 fully saturated rings. The van der Waals surface area contributed by atoms with E-state index >= 15 is 0 Å². The van der Waals surface area contributed by atoms with Crippen molar-refractivity contribution in [2.24, 2.45) is 0 Å². The molecular formula is C11H13Br. The first-order chi connectivity index (χ1) is 5.72. The molecule has 1 aromatic rings. The van der Waals surface area contributed by atoms with Gasteiger partial charge in [0.1, 0.15) is 0 Å². The summed E-state index contributed by atoms with van der Waals surface area (Å²) in [6.07, 6.45) is 4.73. The lowest BCUT2D eigenvalue weighted by Crippen LogP contribution is -1.74. The van der Waals surface area contributed by atoms with Crippen LogP contribution in [0.25, 0.3) is 0 Å². The molecule has 0 saturated heterocycles. The predicted molar refractivity (Wildman–Crippen MR) is 58.5 cm³/mol. The summed E-state index contributed by atoms with van der Waals surface area (Å²) in [5.74, 6) is 2.35. The second kappa shape index (κ2) is 6.94. The van der Waals surface area contributed by atoms with Crippen molar-refractivity contribution in [3.63, 3.8) is 0 Å². The van der Waals surface area contributed by atoms with E-state index in [0.29, 0.717) is 5.33 Å². The van der Waals surface area contributed by atoms with E-state index in [2.05, 4.69) is 60.0 Å². The van der Waals surface area contributed by atoms with Gasteiger partial charge in [0.2, 0.25) is 0 Å². The maximum absolute atomic E-state index is 4.73. The third-order valence-corrected chi connectivity index (χ3v) is 1.83. The first kappa shape index (κ1) is 11.3. The summed E-state index contributed by atoms with van der Waals surface area (Å²) in [5.41, 5.74) is 2.74. The molecule has 0 heterocycles. The fourth-order valence-electron chi connectivity index (χ4n) is 0.663. The molecule has 0 amide bonds. The van der Waals surface area contributed by atoms with Crippen LogP contribution in [0.2, 0.25) is 0 Å². The van der Waals surface area contributed by atoms with Gasteiger partial charge in [0, 0.05) is 0 Å². The van der Waals surface area contributed by atoms with Gasteiger partial charge in [-0.25, -0.2) is 0 Å². The van der Waals surface area contributed by atoms with E-state index in [-0.39, 0.29) is 0 Å². The zero-order valence-corrected chi connectivity index (χ0v) is 9.06. The molecule has 0 unspecified atom stereocenters. The minimum atomic E-state index is 0.660. The highest BCUT2D eigenvalue weighted by molar-refractivity contribution is 9.09. The number of hydrogen-bond donors (Lipinski definition) is 0. The molecule has 0 saturated carbocycles. The van der Waals surface area contributed by atoms with Gasteiger partial charge in [0.25, 0.3) is 0 Å². The smallest absolute Gasteiger partial charge is 0.0642 e. The van der Waals surface area contributed by atoms with E-state index in [4.69, 9.17) is 6.42 Å². The average molecular weight is 225 g/mol. The molecule has 1 rings (SSSR count). The Labute approximate surface area is 83.1 Å². The van der Waals surface area contributed by atoms with Gasteiger partial charge >= 0.3 is 0 Å². The zero-order valence-electron chi connectivity index (χ0n) is 7.47. The summed E-state index contributed by atoms with van der Waals surface area (Å²) >= 11 is 3.01. The SMILES string of the molecule is C#CCBr.Cc1ccccc1C. The standard InChI is InChI=1S/C8H10.C3H3Br/c1-7-5-3-4-6-8(7)2;1-2-3-4/h3-6H,1-2H3;1H,3H2. The van der Waals surface area contributed by atoms with Crippen molar-refractivity contribution in [2.75, 3.05) is 5.33 Å². The number of rotatable bonds is 0. The quantitative estimate of drug-likeness (QED) is 0.469. The Morgan fingerprint density at radius 2 is 1.58 bits per heavy atom. The van der Waals surface area contributed by atoms with Crippen molar-refractivity contribution in [3.8, 4) is 12.3 Å². The van der Waals surface area contributed by atoms with Crippen LogP contribution in [0.5, 0.6) is 0 Å². The predicted octanol–water partition coefficient (Wildman–Crippen LogP) is 3.32. The van der Waals surface area contributed by atoms with Gasteiger partial charge in [-0.2, -0.15) is 0 Å². The molecule has 0 N–H and O–H groups in total. The Kier molecular flexibility index (Phi) is 6.51. The molecular weight excluding hydrogens is 212 g/mol. The van der Waals surface area contributed by atoms with E-state index in [0.717, 1.165) is 0 Å². The van der Waals surface area contributed by atoms with Gasteiger partial charge in [0.15, 0.2) is 0 Å². The number of aryl methyl sites for hydroxylation is 2. The lowest BCUT2D eigenvalue weighted by atomic mass is 10.1. The first-order valence-electron chi connectivity index (χ1n) is 3.74. The highest BCUT2D eigenvalue weighted by atomic mass is 79.9. The number of alkyl halides is 1. The van der Waals surface area contributed by atoms with E-state index in [1.165, 1.54) is 11.1 Å². The van der Waals surface area contributed by atoms with Gasteiger partial charge in [-0.3, -0.25) is 0 Å². The Morgan fingerprint density at radius 3 is 1.75 bits per heavy atom. The van der Waals surface area contributed by atoms with Crippen LogP contribution >= 0.6 is 15.9 Å². The molecule has 0 aromatic heterocycles. The number of terminal acetylenes is 1. The third-order valence-electron chi connectivity index (χ3n) is 1.50. The molecule has 1 heteroatoms. The largest absolute Gasteiger partial charge is 0.119 e. The Balaban J connectivity index is 0.000000261. The van der Waals surface area contributed by atoms with Crippen molar-refractivity contribution >= 4 is 15.9 Å². The van der Waals surface area contributed by atoms with Crippen molar-refractivity contribution in [3.05, 3.63) is 35.4 Å². The normalized spacial score (nSPS) is 7.83. The molecule has 0 aliphatic rings. The van der Waals surface area contributed by atoms with Gasteiger partial charge < -0.3 is 0 Å². The molecule has 0 aliphatic carbocycles. The van der Waals surface area contributed by atoms with E-state index in [9.17, 15) is 0 Å². The molecule has 12 heavy (non-hydrogen) atoms. The van der Waals surface area contributed by atoms with Crippen molar-refractivity contribution in [1.29, 1.82) is 0 Å². The Morgan fingerprint density at radius 1 is 1.25 bits per heavy atom. The highest BCUT2D eigenvalue weighted by Crippen LogP contribution is 2.02. The summed E-state index contributed by atoms with van der Waals surface area (Å²) in [6.45, 7) is 4.24.